The molecule has 6 nitrogen and oxygen atoms in total. The Morgan fingerprint density at radius 1 is 1.12 bits per heavy atom. The van der Waals surface area contributed by atoms with Crippen molar-refractivity contribution < 1.29 is 23.8 Å². The molecule has 3 heterocycles. The van der Waals surface area contributed by atoms with E-state index in [0.717, 1.165) is 28.9 Å². The number of aliphatic hydroxyl groups is 1. The van der Waals surface area contributed by atoms with Crippen molar-refractivity contribution in [2.45, 2.75) is 51.8 Å². The average Bonchev–Trinajstić information content (AvgIpc) is 3.53. The number of ketones is 1. The Balaban J connectivity index is 1.62. The van der Waals surface area contributed by atoms with Crippen molar-refractivity contribution in [3.8, 4) is 5.75 Å². The maximum Gasteiger partial charge on any atom is 0.296 e. The summed E-state index contributed by atoms with van der Waals surface area (Å²) in [6, 6.07) is 16.0. The first-order valence-electron chi connectivity index (χ1n) is 11.5. The fourth-order valence-corrected chi connectivity index (χ4v) is 4.75. The smallest absolute Gasteiger partial charge is 0.296 e. The highest BCUT2D eigenvalue weighted by molar-refractivity contribution is 6.46. The van der Waals surface area contributed by atoms with Gasteiger partial charge in [-0.2, -0.15) is 0 Å². The normalized spacial score (nSPS) is 21.2. The molecule has 34 heavy (non-hydrogen) atoms. The molecule has 0 bridgehead atoms. The van der Waals surface area contributed by atoms with E-state index in [-0.39, 0.29) is 24.0 Å². The number of nitrogens with zero attached hydrogens (tertiary/aromatic N) is 1. The van der Waals surface area contributed by atoms with Gasteiger partial charge in [0, 0.05) is 12.0 Å². The third kappa shape index (κ3) is 3.79. The summed E-state index contributed by atoms with van der Waals surface area (Å²) in [5.74, 6) is 0.152. The van der Waals surface area contributed by atoms with Gasteiger partial charge in [-0.25, -0.2) is 0 Å². The summed E-state index contributed by atoms with van der Waals surface area (Å²) >= 11 is 0. The van der Waals surface area contributed by atoms with Crippen molar-refractivity contribution in [2.75, 3.05) is 0 Å². The largest absolute Gasteiger partial charge is 0.507 e. The van der Waals surface area contributed by atoms with Gasteiger partial charge in [-0.05, 0) is 59.9 Å². The van der Waals surface area contributed by atoms with Gasteiger partial charge < -0.3 is 19.2 Å². The molecule has 174 valence electrons. The maximum absolute atomic E-state index is 13.2. The van der Waals surface area contributed by atoms with E-state index >= 15 is 0 Å². The molecule has 0 spiro atoms. The predicted molar refractivity (Wildman–Crippen MR) is 127 cm³/mol. The number of aliphatic hydroxyl groups excluding tert-OH is 1. The van der Waals surface area contributed by atoms with Crippen LogP contribution < -0.4 is 4.74 Å². The van der Waals surface area contributed by atoms with Gasteiger partial charge in [0.05, 0.1) is 24.4 Å². The second-order valence-corrected chi connectivity index (χ2v) is 9.28. The SMILES string of the molecule is CC(C)c1ccc([C@@H]2C(=C(O)c3ccc4c(c3)C[C@H](C)O4)C(=O)C(=O)N2Cc2ccco2)cc1. The molecule has 0 saturated carbocycles. The van der Waals surface area contributed by atoms with E-state index in [1.54, 1.807) is 24.3 Å². The molecule has 3 aromatic rings. The van der Waals surface area contributed by atoms with Crippen LogP contribution >= 0.6 is 0 Å². The first-order valence-corrected chi connectivity index (χ1v) is 11.5. The van der Waals surface area contributed by atoms with E-state index < -0.39 is 17.7 Å². The molecule has 1 aromatic heterocycles. The van der Waals surface area contributed by atoms with E-state index in [1.807, 2.05) is 37.3 Å². The van der Waals surface area contributed by atoms with Crippen LogP contribution in [0.15, 0.2) is 70.9 Å². The molecule has 6 heteroatoms. The van der Waals surface area contributed by atoms with Crippen LogP contribution in [-0.4, -0.2) is 27.8 Å². The molecule has 0 aliphatic carbocycles. The fraction of sp³-hybridized carbons (Fsp3) is 0.286. The molecule has 2 atom stereocenters. The first-order chi connectivity index (χ1) is 16.3. The van der Waals surface area contributed by atoms with Gasteiger partial charge in [-0.1, -0.05) is 38.1 Å². The van der Waals surface area contributed by atoms with Crippen LogP contribution in [0.25, 0.3) is 5.76 Å². The summed E-state index contributed by atoms with van der Waals surface area (Å²) in [4.78, 5) is 27.8. The highest BCUT2D eigenvalue weighted by atomic mass is 16.5. The van der Waals surface area contributed by atoms with Crippen LogP contribution in [-0.2, 0) is 22.6 Å². The number of Topliss-reactive ketones (excluding diaryl/α,β-unsaturated/α-hetero) is 1. The van der Waals surface area contributed by atoms with Crippen LogP contribution in [0.5, 0.6) is 5.75 Å². The van der Waals surface area contributed by atoms with Crippen molar-refractivity contribution in [1.29, 1.82) is 0 Å². The topological polar surface area (TPSA) is 80.0 Å². The number of benzene rings is 2. The van der Waals surface area contributed by atoms with Gasteiger partial charge in [0.1, 0.15) is 23.4 Å². The molecule has 5 rings (SSSR count). The molecular formula is C28H27NO5. The highest BCUT2D eigenvalue weighted by Crippen LogP contribution is 2.41. The van der Waals surface area contributed by atoms with Gasteiger partial charge >= 0.3 is 0 Å². The molecule has 0 unspecified atom stereocenters. The lowest BCUT2D eigenvalue weighted by Crippen LogP contribution is -2.29. The van der Waals surface area contributed by atoms with Crippen LogP contribution in [0.1, 0.15) is 60.7 Å². The Morgan fingerprint density at radius 2 is 1.88 bits per heavy atom. The van der Waals surface area contributed by atoms with Crippen LogP contribution in [0.2, 0.25) is 0 Å². The molecule has 1 fully saturated rings. The number of furan rings is 1. The summed E-state index contributed by atoms with van der Waals surface area (Å²) in [6.07, 6.45) is 2.32. The summed E-state index contributed by atoms with van der Waals surface area (Å²) in [6.45, 7) is 6.33. The van der Waals surface area contributed by atoms with Crippen molar-refractivity contribution in [3.05, 3.63) is 94.4 Å². The van der Waals surface area contributed by atoms with Gasteiger partial charge in [-0.15, -0.1) is 0 Å². The number of hydrogen-bond acceptors (Lipinski definition) is 5. The average molecular weight is 458 g/mol. The Bertz CT molecular complexity index is 1270. The Morgan fingerprint density at radius 3 is 2.56 bits per heavy atom. The minimum Gasteiger partial charge on any atom is -0.507 e. The van der Waals surface area contributed by atoms with Crippen molar-refractivity contribution in [1.82, 2.24) is 4.90 Å². The second kappa shape index (κ2) is 8.52. The highest BCUT2D eigenvalue weighted by Gasteiger charge is 2.46. The standard InChI is InChI=1S/C28H27NO5/c1-16(2)18-6-8-19(9-7-18)25-24(27(31)28(32)29(25)15-22-5-4-12-33-22)26(30)20-10-11-23-21(14-20)13-17(3)34-23/h4-12,14,16-17,25,30H,13,15H2,1-3H3/t17-,25+/m0/s1. The molecule has 2 aliphatic heterocycles. The lowest BCUT2D eigenvalue weighted by molar-refractivity contribution is -0.140. The van der Waals surface area contributed by atoms with E-state index in [9.17, 15) is 14.7 Å². The van der Waals surface area contributed by atoms with Gasteiger partial charge in [0.15, 0.2) is 0 Å². The van der Waals surface area contributed by atoms with Gasteiger partial charge in [0.2, 0.25) is 0 Å². The van der Waals surface area contributed by atoms with Gasteiger partial charge in [0.25, 0.3) is 11.7 Å². The molecule has 0 radical (unpaired) electrons. The zero-order valence-corrected chi connectivity index (χ0v) is 19.4. The number of fused-ring (bicyclic) bond motifs is 1. The van der Waals surface area contributed by atoms with Crippen molar-refractivity contribution in [2.24, 2.45) is 0 Å². The lowest BCUT2D eigenvalue weighted by atomic mass is 9.92. The minimum absolute atomic E-state index is 0.0609. The predicted octanol–water partition coefficient (Wildman–Crippen LogP) is 5.35. The first kappa shape index (κ1) is 22.0. The minimum atomic E-state index is -0.727. The monoisotopic (exact) mass is 457 g/mol. The molecule has 1 N–H and O–H groups in total. The maximum atomic E-state index is 13.2. The number of likely N-dealkylation sites (tertiary alicyclic amines) is 1. The van der Waals surface area contributed by atoms with Crippen molar-refractivity contribution >= 4 is 17.4 Å². The zero-order valence-electron chi connectivity index (χ0n) is 19.4. The van der Waals surface area contributed by atoms with E-state index in [4.69, 9.17) is 9.15 Å². The Hall–Kier alpha value is -3.80. The second-order valence-electron chi connectivity index (χ2n) is 9.28. The number of carbonyl (C=O) groups is 2. The number of ether oxygens (including phenoxy) is 1. The van der Waals surface area contributed by atoms with Gasteiger partial charge in [-0.3, -0.25) is 9.59 Å². The van der Waals surface area contributed by atoms with E-state index in [2.05, 4.69) is 13.8 Å². The number of hydrogen-bond donors (Lipinski definition) is 1. The summed E-state index contributed by atoms with van der Waals surface area (Å²) in [7, 11) is 0. The summed E-state index contributed by atoms with van der Waals surface area (Å²) < 4.78 is 11.2. The molecule has 2 aliphatic rings. The van der Waals surface area contributed by atoms with Crippen LogP contribution in [0.4, 0.5) is 0 Å². The lowest BCUT2D eigenvalue weighted by Gasteiger charge is -2.25. The zero-order chi connectivity index (χ0) is 24.0. The number of rotatable bonds is 5. The van der Waals surface area contributed by atoms with E-state index in [0.29, 0.717) is 17.2 Å². The Labute approximate surface area is 198 Å². The number of carbonyl (C=O) groups excluding carboxylic acids is 2. The van der Waals surface area contributed by atoms with Crippen LogP contribution in [0, 0.1) is 0 Å². The molecule has 1 saturated heterocycles. The third-order valence-corrected chi connectivity index (χ3v) is 6.53. The summed E-state index contributed by atoms with van der Waals surface area (Å²) in [5, 5.41) is 11.3. The summed E-state index contributed by atoms with van der Waals surface area (Å²) in [5.41, 5.74) is 3.46. The van der Waals surface area contributed by atoms with Crippen LogP contribution in [0.3, 0.4) is 0 Å². The fourth-order valence-electron chi connectivity index (χ4n) is 4.75. The molecular weight excluding hydrogens is 430 g/mol. The molecule has 1 amide bonds. The molecule has 2 aromatic carbocycles. The quantitative estimate of drug-likeness (QED) is 0.317. The third-order valence-electron chi connectivity index (χ3n) is 6.53. The van der Waals surface area contributed by atoms with Crippen molar-refractivity contribution in [3.63, 3.8) is 0 Å². The van der Waals surface area contributed by atoms with E-state index in [1.165, 1.54) is 11.2 Å². The number of amides is 1. The Kier molecular flexibility index (Phi) is 5.52.